The van der Waals surface area contributed by atoms with E-state index in [0.717, 1.165) is 18.4 Å². The fraction of sp³-hybridized carbons (Fsp3) is 0.667. The fourth-order valence-electron chi connectivity index (χ4n) is 9.15. The van der Waals surface area contributed by atoms with Crippen molar-refractivity contribution in [2.24, 2.45) is 29.6 Å². The van der Waals surface area contributed by atoms with Crippen LogP contribution in [-0.4, -0.2) is 81.2 Å². The van der Waals surface area contributed by atoms with Gasteiger partial charge in [0.2, 0.25) is 17.5 Å². The van der Waals surface area contributed by atoms with Crippen LogP contribution in [0.1, 0.15) is 70.4 Å². The van der Waals surface area contributed by atoms with Crippen LogP contribution in [0.3, 0.4) is 0 Å². The molecule has 9 nitrogen and oxygen atoms in total. The third-order valence-corrected chi connectivity index (χ3v) is 11.1. The zero-order valence-electron chi connectivity index (χ0n) is 25.4. The van der Waals surface area contributed by atoms with E-state index in [1.54, 1.807) is 4.90 Å². The molecule has 9 heteroatoms. The largest absolute Gasteiger partial charge is 0.363 e. The molecular weight excluding hydrogens is 532 g/mol. The van der Waals surface area contributed by atoms with Gasteiger partial charge in [0.15, 0.2) is 11.6 Å². The molecule has 5 heterocycles. The predicted molar refractivity (Wildman–Crippen MR) is 157 cm³/mol. The zero-order chi connectivity index (χ0) is 29.7. The third kappa shape index (κ3) is 3.82. The van der Waals surface area contributed by atoms with Crippen molar-refractivity contribution >= 4 is 28.5 Å². The number of likely N-dealkylation sites (tertiary alicyclic amines) is 1. The quantitative estimate of drug-likeness (QED) is 0.504. The van der Waals surface area contributed by atoms with Crippen molar-refractivity contribution in [2.45, 2.75) is 89.3 Å². The molecule has 4 saturated heterocycles. The van der Waals surface area contributed by atoms with Crippen LogP contribution in [0.2, 0.25) is 0 Å². The van der Waals surface area contributed by atoms with Crippen LogP contribution < -0.4 is 5.32 Å². The van der Waals surface area contributed by atoms with E-state index in [1.165, 1.54) is 16.5 Å². The average molecular weight is 577 g/mol. The Bertz CT molecular complexity index is 1450. The number of Topliss-reactive ketones (excluding diaryl/α,β-unsaturated/α-hetero) is 1. The van der Waals surface area contributed by atoms with Crippen LogP contribution in [0.25, 0.3) is 10.9 Å². The van der Waals surface area contributed by atoms with Crippen molar-refractivity contribution in [2.75, 3.05) is 20.1 Å². The van der Waals surface area contributed by atoms with Crippen LogP contribution >= 0.6 is 0 Å². The number of amides is 2. The maximum Gasteiger partial charge on any atom is 0.227 e. The van der Waals surface area contributed by atoms with Gasteiger partial charge in [0.05, 0.1) is 23.8 Å². The summed E-state index contributed by atoms with van der Waals surface area (Å²) in [4.78, 5) is 49.8. The van der Waals surface area contributed by atoms with Crippen molar-refractivity contribution in [3.63, 3.8) is 0 Å². The van der Waals surface area contributed by atoms with Gasteiger partial charge in [-0.05, 0) is 62.3 Å². The van der Waals surface area contributed by atoms with Crippen molar-refractivity contribution in [3.8, 4) is 0 Å². The van der Waals surface area contributed by atoms with Crippen LogP contribution in [0.15, 0.2) is 24.4 Å². The molecule has 0 saturated carbocycles. The lowest BCUT2D eigenvalue weighted by Crippen LogP contribution is -2.64. The van der Waals surface area contributed by atoms with Gasteiger partial charge in [0, 0.05) is 48.1 Å². The van der Waals surface area contributed by atoms with Crippen molar-refractivity contribution in [1.29, 1.82) is 0 Å². The molecule has 3 unspecified atom stereocenters. The van der Waals surface area contributed by atoms with Gasteiger partial charge in [-0.2, -0.15) is 0 Å². The van der Waals surface area contributed by atoms with Gasteiger partial charge in [0.1, 0.15) is 0 Å². The number of ether oxygens (including phenoxy) is 1. The number of aromatic nitrogens is 1. The number of nitrogens with zero attached hydrogens (tertiary/aromatic N) is 2. The summed E-state index contributed by atoms with van der Waals surface area (Å²) in [6.45, 7) is 8.87. The molecule has 2 amide bonds. The molecular formula is C33H44N4O5. The van der Waals surface area contributed by atoms with Gasteiger partial charge in [0.25, 0.3) is 0 Å². The Morgan fingerprint density at radius 1 is 1.24 bits per heavy atom. The molecule has 4 fully saturated rings. The molecule has 5 aliphatic rings. The summed E-state index contributed by atoms with van der Waals surface area (Å²) in [6, 6.07) is 6.07. The van der Waals surface area contributed by atoms with E-state index in [4.69, 9.17) is 4.74 Å². The standard InChI is InChI=1S/C33H44N4O5/c1-17(2)12-23-28-29(38)32(18(3)4,42-33(28,41)26-10-7-11-37(26)31(23)40)35-30(39)20-13-22-21-8-6-9-24-27(21)19(15-34-24)14-25(22)36(5)16-20/h6,8-9,15,17-18,20,22-23,25-26,28,34,41H,7,10-14,16H2,1-5H3,(H,35,39)/t20?,22-,23+,25-,26?,28?,32+,33-/m1/s1. The van der Waals surface area contributed by atoms with Gasteiger partial charge >= 0.3 is 0 Å². The maximum absolute atomic E-state index is 14.5. The van der Waals surface area contributed by atoms with E-state index < -0.39 is 35.3 Å². The molecule has 4 aliphatic heterocycles. The lowest BCUT2D eigenvalue weighted by molar-refractivity contribution is -0.290. The monoisotopic (exact) mass is 576 g/mol. The van der Waals surface area contributed by atoms with Crippen LogP contribution in [0.5, 0.6) is 0 Å². The van der Waals surface area contributed by atoms with Crippen LogP contribution in [0.4, 0.5) is 0 Å². The Kier molecular flexibility index (Phi) is 6.43. The Hall–Kier alpha value is -2.75. The summed E-state index contributed by atoms with van der Waals surface area (Å²) in [5.41, 5.74) is 2.03. The van der Waals surface area contributed by atoms with Crippen molar-refractivity contribution in [3.05, 3.63) is 35.5 Å². The number of benzene rings is 1. The minimum absolute atomic E-state index is 0.0701. The van der Waals surface area contributed by atoms with Gasteiger partial charge in [-0.3, -0.25) is 14.4 Å². The van der Waals surface area contributed by atoms with E-state index in [0.29, 0.717) is 38.4 Å². The predicted octanol–water partition coefficient (Wildman–Crippen LogP) is 3.17. The fourth-order valence-corrected chi connectivity index (χ4v) is 9.15. The van der Waals surface area contributed by atoms with Crippen molar-refractivity contribution < 1.29 is 24.2 Å². The number of carbonyl (C=O) groups excluding carboxylic acids is 3. The number of fused-ring (bicyclic) bond motifs is 5. The number of carbonyl (C=O) groups is 3. The minimum Gasteiger partial charge on any atom is -0.363 e. The number of H-pyrrole nitrogens is 1. The number of aromatic amines is 1. The number of likely N-dealkylation sites (N-methyl/N-ethyl adjacent to an activating group) is 1. The second-order valence-electron chi connectivity index (χ2n) is 14.3. The first kappa shape index (κ1) is 28.0. The Morgan fingerprint density at radius 3 is 2.76 bits per heavy atom. The molecule has 3 N–H and O–H groups in total. The number of nitrogens with one attached hydrogen (secondary N) is 2. The van der Waals surface area contributed by atoms with Crippen LogP contribution in [0, 0.1) is 29.6 Å². The van der Waals surface area contributed by atoms with E-state index >= 15 is 0 Å². The minimum atomic E-state index is -1.82. The first-order chi connectivity index (χ1) is 20.0. The number of hydrogen-bond donors (Lipinski definition) is 3. The highest BCUT2D eigenvalue weighted by molar-refractivity contribution is 6.00. The smallest absolute Gasteiger partial charge is 0.227 e. The summed E-state index contributed by atoms with van der Waals surface area (Å²) in [5, 5.41) is 16.6. The van der Waals surface area contributed by atoms with E-state index in [1.807, 2.05) is 27.7 Å². The summed E-state index contributed by atoms with van der Waals surface area (Å²) in [6.07, 6.45) is 5.53. The second kappa shape index (κ2) is 9.63. The molecule has 0 radical (unpaired) electrons. The summed E-state index contributed by atoms with van der Waals surface area (Å²) in [7, 11) is 2.08. The normalized spacial score (nSPS) is 37.9. The van der Waals surface area contributed by atoms with Gasteiger partial charge in [-0.1, -0.05) is 39.8 Å². The molecule has 8 atom stereocenters. The molecule has 1 aliphatic carbocycles. The topological polar surface area (TPSA) is 115 Å². The first-order valence-corrected chi connectivity index (χ1v) is 15.8. The first-order valence-electron chi connectivity index (χ1n) is 15.8. The van der Waals surface area contributed by atoms with Gasteiger partial charge in [-0.25, -0.2) is 0 Å². The second-order valence-corrected chi connectivity index (χ2v) is 14.3. The number of ketones is 1. The highest BCUT2D eigenvalue weighted by atomic mass is 16.7. The van der Waals surface area contributed by atoms with E-state index in [2.05, 4.69) is 46.6 Å². The molecule has 0 bridgehead atoms. The molecule has 226 valence electrons. The number of piperidine rings is 2. The SMILES string of the molecule is CC(C)C[C@@H]1C(=O)N2CCCC2[C@@]2(O)O[C@@](NC(=O)C3C[C@@H]4c5cccc6[nH]cc(c56)C[C@H]4N(C)C3)(C(C)C)C(=O)C12. The lowest BCUT2D eigenvalue weighted by Gasteiger charge is -2.47. The molecule has 1 aromatic heterocycles. The third-order valence-electron chi connectivity index (χ3n) is 11.1. The number of rotatable bonds is 5. The van der Waals surface area contributed by atoms with Crippen LogP contribution in [-0.2, 0) is 25.5 Å². The number of hydrogen-bond acceptors (Lipinski definition) is 6. The van der Waals surface area contributed by atoms with Crippen molar-refractivity contribution in [1.82, 2.24) is 20.1 Å². The zero-order valence-corrected chi connectivity index (χ0v) is 25.4. The number of aliphatic hydroxyl groups is 1. The Morgan fingerprint density at radius 2 is 2.02 bits per heavy atom. The summed E-state index contributed by atoms with van der Waals surface area (Å²) in [5.74, 6) is -4.60. The Balaban J connectivity index is 1.20. The molecule has 2 aromatic rings. The molecule has 42 heavy (non-hydrogen) atoms. The summed E-state index contributed by atoms with van der Waals surface area (Å²) < 4.78 is 6.53. The molecule has 7 rings (SSSR count). The van der Waals surface area contributed by atoms with Gasteiger partial charge < -0.3 is 29.9 Å². The highest BCUT2D eigenvalue weighted by Gasteiger charge is 2.73. The highest BCUT2D eigenvalue weighted by Crippen LogP contribution is 2.54. The average Bonchev–Trinajstić information content (AvgIpc) is 3.65. The van der Waals surface area contributed by atoms with E-state index in [9.17, 15) is 19.5 Å². The van der Waals surface area contributed by atoms with Gasteiger partial charge in [-0.15, -0.1) is 0 Å². The molecule has 0 spiro atoms. The van der Waals surface area contributed by atoms with E-state index in [-0.39, 0.29) is 35.4 Å². The maximum atomic E-state index is 14.5. The lowest BCUT2D eigenvalue weighted by atomic mass is 9.70. The molecule has 1 aromatic carbocycles. The summed E-state index contributed by atoms with van der Waals surface area (Å²) >= 11 is 0. The Labute approximate surface area is 247 Å².